The third kappa shape index (κ3) is 12.0. The fraction of sp³-hybridized carbons (Fsp3) is 1.00. The summed E-state index contributed by atoms with van der Waals surface area (Å²) in [6.45, 7) is 9.25. The first kappa shape index (κ1) is 13.8. The summed E-state index contributed by atoms with van der Waals surface area (Å²) in [6.07, 6.45) is 0. The molecule has 0 fully saturated rings. The van der Waals surface area contributed by atoms with Crippen molar-refractivity contribution < 1.29 is 24.0 Å². The Morgan fingerprint density at radius 3 is 1.40 bits per heavy atom. The van der Waals surface area contributed by atoms with E-state index in [1.165, 1.54) is 10.6 Å². The van der Waals surface area contributed by atoms with Crippen molar-refractivity contribution in [2.24, 2.45) is 11.8 Å². The maximum absolute atomic E-state index is 2.31. The Kier molecular flexibility index (Phi) is 11.6. The Morgan fingerprint density at radius 2 is 1.20 bits per heavy atom. The molecule has 0 atom stereocenters. The van der Waals surface area contributed by atoms with E-state index in [4.69, 9.17) is 0 Å². The zero-order valence-corrected chi connectivity index (χ0v) is 10.8. The van der Waals surface area contributed by atoms with Crippen LogP contribution in [-0.4, -0.2) is 15.2 Å². The van der Waals surface area contributed by atoms with Crippen LogP contribution >= 0.6 is 0 Å². The molecule has 0 unspecified atom stereocenters. The summed E-state index contributed by atoms with van der Waals surface area (Å²) < 4.78 is 0. The third-order valence-corrected chi connectivity index (χ3v) is 3.83. The molecule has 0 aromatic rings. The van der Waals surface area contributed by atoms with Gasteiger partial charge in [-0.1, -0.05) is 0 Å². The molecule has 10 heavy (non-hydrogen) atoms. The molecule has 0 saturated carbocycles. The monoisotopic (exact) mass is 268 g/mol. The molecule has 2 heteroatoms. The summed E-state index contributed by atoms with van der Waals surface area (Å²) in [7, 11) is 0. The van der Waals surface area contributed by atoms with E-state index in [1.54, 1.807) is 0 Å². The van der Waals surface area contributed by atoms with Crippen molar-refractivity contribution >= 4 is 15.2 Å². The van der Waals surface area contributed by atoms with Gasteiger partial charge < -0.3 is 24.0 Å². The fourth-order valence-corrected chi connectivity index (χ4v) is 2.29. The van der Waals surface area contributed by atoms with Crippen LogP contribution in [0, 0.1) is 11.8 Å². The average Bonchev–Trinajstić information content (AvgIpc) is 1.63. The van der Waals surface area contributed by atoms with E-state index in [2.05, 4.69) is 27.7 Å². The SMILES string of the molecule is CC(C)[CH2][Al+][CH2]C(C)C.[I-]. The number of halogens is 1. The summed E-state index contributed by atoms with van der Waals surface area (Å²) in [5.74, 6) is 1.86. The van der Waals surface area contributed by atoms with Crippen LogP contribution in [0.15, 0.2) is 0 Å². The summed E-state index contributed by atoms with van der Waals surface area (Å²) >= 11 is 0.755. The van der Waals surface area contributed by atoms with E-state index in [0.29, 0.717) is 0 Å². The van der Waals surface area contributed by atoms with Gasteiger partial charge in [-0.15, -0.1) is 0 Å². The summed E-state index contributed by atoms with van der Waals surface area (Å²) in [6, 6.07) is 0. The number of rotatable bonds is 4. The van der Waals surface area contributed by atoms with Crippen LogP contribution in [-0.2, 0) is 0 Å². The molecule has 0 spiro atoms. The van der Waals surface area contributed by atoms with Gasteiger partial charge in [-0.25, -0.2) is 0 Å². The van der Waals surface area contributed by atoms with E-state index < -0.39 is 0 Å². The maximum atomic E-state index is 2.31. The molecule has 0 aliphatic rings. The van der Waals surface area contributed by atoms with E-state index in [0.717, 1.165) is 27.1 Å². The van der Waals surface area contributed by atoms with Gasteiger partial charge in [0.05, 0.1) is 0 Å². The maximum Gasteiger partial charge on any atom is -1.00 e. The molecule has 0 nitrogen and oxygen atoms in total. The van der Waals surface area contributed by atoms with E-state index in [-0.39, 0.29) is 24.0 Å². The first-order valence-electron chi connectivity index (χ1n) is 3.94. The van der Waals surface area contributed by atoms with Crippen LogP contribution in [0.2, 0.25) is 10.6 Å². The van der Waals surface area contributed by atoms with E-state index in [1.807, 2.05) is 0 Å². The average molecular weight is 268 g/mol. The number of hydrogen-bond donors (Lipinski definition) is 0. The Morgan fingerprint density at radius 1 is 0.900 bits per heavy atom. The van der Waals surface area contributed by atoms with Crippen LogP contribution in [0.4, 0.5) is 0 Å². The molecule has 0 heterocycles. The molecule has 0 saturated heterocycles. The second-order valence-electron chi connectivity index (χ2n) is 3.55. The van der Waals surface area contributed by atoms with E-state index in [9.17, 15) is 0 Å². The van der Waals surface area contributed by atoms with Crippen molar-refractivity contribution in [1.29, 1.82) is 0 Å². The standard InChI is InChI=1S/2C4H9.Al.HI/c2*1-4(2)3;;/h2*4H,1H2,2-3H3;;1H/q;;+1;/p-1. The Labute approximate surface area is 88.9 Å². The minimum atomic E-state index is 0. The van der Waals surface area contributed by atoms with Crippen molar-refractivity contribution in [1.82, 2.24) is 0 Å². The molecular formula is C8H18AlI. The molecule has 0 aromatic carbocycles. The second-order valence-corrected chi connectivity index (χ2v) is 5.07. The topological polar surface area (TPSA) is 0 Å². The second kappa shape index (κ2) is 8.36. The molecule has 0 amide bonds. The smallest absolute Gasteiger partial charge is 1.00 e. The summed E-state index contributed by atoms with van der Waals surface area (Å²) in [5, 5.41) is 2.97. The largest absolute Gasteiger partial charge is 1.00 e. The van der Waals surface area contributed by atoms with Gasteiger partial charge in [-0.05, 0) is 0 Å². The van der Waals surface area contributed by atoms with Gasteiger partial charge in [0.1, 0.15) is 0 Å². The first-order valence-corrected chi connectivity index (χ1v) is 5.58. The van der Waals surface area contributed by atoms with Gasteiger partial charge >= 0.3 is 65.3 Å². The molecule has 0 rings (SSSR count). The van der Waals surface area contributed by atoms with Crippen LogP contribution < -0.4 is 24.0 Å². The van der Waals surface area contributed by atoms with Crippen molar-refractivity contribution in [3.8, 4) is 0 Å². The summed E-state index contributed by atoms with van der Waals surface area (Å²) in [5.41, 5.74) is 0. The zero-order chi connectivity index (χ0) is 7.28. The minimum Gasteiger partial charge on any atom is -1.00 e. The summed E-state index contributed by atoms with van der Waals surface area (Å²) in [4.78, 5) is 0. The fourth-order valence-electron chi connectivity index (χ4n) is 0.763. The minimum absolute atomic E-state index is 0. The van der Waals surface area contributed by atoms with Crippen molar-refractivity contribution in [2.45, 2.75) is 38.3 Å². The van der Waals surface area contributed by atoms with Gasteiger partial charge in [0.15, 0.2) is 0 Å². The van der Waals surface area contributed by atoms with Crippen molar-refractivity contribution in [3.63, 3.8) is 0 Å². The van der Waals surface area contributed by atoms with Gasteiger partial charge in [-0.3, -0.25) is 0 Å². The molecule has 0 N–H and O–H groups in total. The Balaban J connectivity index is 0. The van der Waals surface area contributed by atoms with Gasteiger partial charge in [-0.2, -0.15) is 0 Å². The third-order valence-electron chi connectivity index (χ3n) is 1.28. The normalized spacial score (nSPS) is 9.40. The van der Waals surface area contributed by atoms with Gasteiger partial charge in [0.25, 0.3) is 0 Å². The predicted molar refractivity (Wildman–Crippen MR) is 45.0 cm³/mol. The molecule has 0 aromatic heterocycles. The quantitative estimate of drug-likeness (QED) is 0.491. The molecule has 0 aliphatic heterocycles. The molecule has 60 valence electrons. The number of hydrogen-bond acceptors (Lipinski definition) is 0. The Hall–Kier alpha value is 1.26. The van der Waals surface area contributed by atoms with E-state index >= 15 is 0 Å². The van der Waals surface area contributed by atoms with Crippen LogP contribution in [0.3, 0.4) is 0 Å². The molecule has 0 radical (unpaired) electrons. The zero-order valence-electron chi connectivity index (χ0n) is 7.52. The Bertz CT molecular complexity index is 54.3. The molecule has 0 aliphatic carbocycles. The van der Waals surface area contributed by atoms with Crippen molar-refractivity contribution in [2.75, 3.05) is 0 Å². The van der Waals surface area contributed by atoms with Gasteiger partial charge in [0, 0.05) is 0 Å². The van der Waals surface area contributed by atoms with Crippen LogP contribution in [0.5, 0.6) is 0 Å². The first-order chi connectivity index (χ1) is 4.13. The van der Waals surface area contributed by atoms with Crippen LogP contribution in [0.25, 0.3) is 0 Å². The molecule has 0 bridgehead atoms. The molecular weight excluding hydrogens is 250 g/mol. The van der Waals surface area contributed by atoms with Crippen molar-refractivity contribution in [3.05, 3.63) is 0 Å². The van der Waals surface area contributed by atoms with Gasteiger partial charge in [0.2, 0.25) is 0 Å². The predicted octanol–water partition coefficient (Wildman–Crippen LogP) is -0.157. The van der Waals surface area contributed by atoms with Crippen LogP contribution in [0.1, 0.15) is 27.7 Å².